The van der Waals surface area contributed by atoms with Gasteiger partial charge in [-0.15, -0.1) is 0 Å². The van der Waals surface area contributed by atoms with Crippen LogP contribution < -0.4 is 0 Å². The predicted molar refractivity (Wildman–Crippen MR) is 122 cm³/mol. The van der Waals surface area contributed by atoms with E-state index in [1.54, 1.807) is 4.90 Å². The zero-order valence-corrected chi connectivity index (χ0v) is 18.8. The summed E-state index contributed by atoms with van der Waals surface area (Å²) < 4.78 is 23.8. The van der Waals surface area contributed by atoms with Gasteiger partial charge >= 0.3 is 0 Å². The van der Waals surface area contributed by atoms with Crippen molar-refractivity contribution in [2.24, 2.45) is 5.92 Å². The van der Waals surface area contributed by atoms with Crippen LogP contribution in [0.5, 0.6) is 0 Å². The first-order valence-corrected chi connectivity index (χ1v) is 13.0. The van der Waals surface area contributed by atoms with Crippen molar-refractivity contribution in [1.29, 1.82) is 0 Å². The first kappa shape index (κ1) is 21.8. The van der Waals surface area contributed by atoms with Gasteiger partial charge in [0.25, 0.3) is 5.91 Å². The van der Waals surface area contributed by atoms with Crippen molar-refractivity contribution in [3.05, 3.63) is 48.0 Å². The van der Waals surface area contributed by atoms with Gasteiger partial charge in [-0.25, -0.2) is 8.42 Å². The lowest BCUT2D eigenvalue weighted by atomic mass is 9.93. The van der Waals surface area contributed by atoms with Crippen molar-refractivity contribution in [2.75, 3.05) is 31.1 Å². The maximum Gasteiger partial charge on any atom is 0.254 e. The lowest BCUT2D eigenvalue weighted by Crippen LogP contribution is -2.48. The number of hydrogen-bond donors (Lipinski definition) is 0. The number of likely N-dealkylation sites (tertiary alicyclic amines) is 1. The molecule has 1 atom stereocenters. The van der Waals surface area contributed by atoms with Crippen LogP contribution >= 0.6 is 0 Å². The summed E-state index contributed by atoms with van der Waals surface area (Å²) in [5, 5.41) is 1.99. The van der Waals surface area contributed by atoms with Crippen molar-refractivity contribution >= 4 is 32.4 Å². The highest BCUT2D eigenvalue weighted by atomic mass is 32.2. The number of piperidine rings is 1. The highest BCUT2D eigenvalue weighted by molar-refractivity contribution is 7.91. The SMILES string of the molecule is CCCN(C(=O)C1CCN(C(=O)c2cccc3ccccc23)CC1)C1CCS(=O)(=O)C1. The van der Waals surface area contributed by atoms with Crippen LogP contribution in [0.25, 0.3) is 10.8 Å². The summed E-state index contributed by atoms with van der Waals surface area (Å²) in [6, 6.07) is 13.5. The van der Waals surface area contributed by atoms with E-state index in [4.69, 9.17) is 0 Å². The topological polar surface area (TPSA) is 74.8 Å². The molecule has 2 heterocycles. The molecule has 0 radical (unpaired) electrons. The second-order valence-corrected chi connectivity index (χ2v) is 10.9. The number of rotatable bonds is 5. The van der Waals surface area contributed by atoms with Gasteiger partial charge < -0.3 is 9.80 Å². The summed E-state index contributed by atoms with van der Waals surface area (Å²) in [4.78, 5) is 30.1. The molecular weight excluding hydrogens is 412 g/mol. The predicted octanol–water partition coefficient (Wildman–Crippen LogP) is 3.12. The summed E-state index contributed by atoms with van der Waals surface area (Å²) >= 11 is 0. The molecular formula is C24H30N2O4S. The molecule has 2 saturated heterocycles. The molecule has 2 aliphatic rings. The van der Waals surface area contributed by atoms with Gasteiger partial charge in [0.15, 0.2) is 9.84 Å². The Kier molecular flexibility index (Phi) is 6.32. The van der Waals surface area contributed by atoms with Gasteiger partial charge in [0.05, 0.1) is 11.5 Å². The van der Waals surface area contributed by atoms with Gasteiger partial charge in [-0.3, -0.25) is 9.59 Å². The summed E-state index contributed by atoms with van der Waals surface area (Å²) in [5.74, 6) is 0.169. The van der Waals surface area contributed by atoms with E-state index >= 15 is 0 Å². The van der Waals surface area contributed by atoms with Crippen molar-refractivity contribution in [3.8, 4) is 0 Å². The molecule has 31 heavy (non-hydrogen) atoms. The number of carbonyl (C=O) groups excluding carboxylic acids is 2. The Hall–Kier alpha value is -2.41. The third kappa shape index (κ3) is 4.61. The fourth-order valence-corrected chi connectivity index (χ4v) is 6.61. The molecule has 2 amide bonds. The summed E-state index contributed by atoms with van der Waals surface area (Å²) in [6.45, 7) is 3.69. The molecule has 2 aromatic carbocycles. The number of nitrogens with zero attached hydrogens (tertiary/aromatic N) is 2. The smallest absolute Gasteiger partial charge is 0.254 e. The number of sulfone groups is 1. The van der Waals surface area contributed by atoms with E-state index < -0.39 is 9.84 Å². The van der Waals surface area contributed by atoms with Crippen LogP contribution in [0.3, 0.4) is 0 Å². The fourth-order valence-electron chi connectivity index (χ4n) is 4.88. The van der Waals surface area contributed by atoms with Crippen molar-refractivity contribution in [2.45, 2.75) is 38.6 Å². The molecule has 7 heteroatoms. The van der Waals surface area contributed by atoms with Gasteiger partial charge in [0.1, 0.15) is 0 Å². The third-order valence-electron chi connectivity index (χ3n) is 6.55. The van der Waals surface area contributed by atoms with Crippen molar-refractivity contribution < 1.29 is 18.0 Å². The molecule has 2 fully saturated rings. The van der Waals surface area contributed by atoms with Crippen molar-refractivity contribution in [3.63, 3.8) is 0 Å². The van der Waals surface area contributed by atoms with Crippen LogP contribution in [0.15, 0.2) is 42.5 Å². The Morgan fingerprint density at radius 1 is 1.03 bits per heavy atom. The van der Waals surface area contributed by atoms with Crippen molar-refractivity contribution in [1.82, 2.24) is 9.80 Å². The van der Waals surface area contributed by atoms with Crippen LogP contribution in [-0.2, 0) is 14.6 Å². The summed E-state index contributed by atoms with van der Waals surface area (Å²) in [6.07, 6.45) is 2.58. The molecule has 0 aromatic heterocycles. The van der Waals surface area contributed by atoms with Crippen LogP contribution in [0.4, 0.5) is 0 Å². The number of fused-ring (bicyclic) bond motifs is 1. The zero-order valence-electron chi connectivity index (χ0n) is 18.0. The second kappa shape index (κ2) is 8.99. The maximum absolute atomic E-state index is 13.2. The molecule has 0 aliphatic carbocycles. The van der Waals surface area contributed by atoms with Gasteiger partial charge in [-0.05, 0) is 42.5 Å². The van der Waals surface area contributed by atoms with Gasteiger partial charge in [-0.2, -0.15) is 0 Å². The molecule has 2 aromatic rings. The standard InChI is InChI=1S/C24H30N2O4S/c1-2-13-26(20-12-16-31(29,30)17-20)23(27)19-10-14-25(15-11-19)24(28)22-9-5-7-18-6-3-4-8-21(18)22/h3-9,19-20H,2,10-17H2,1H3. The van der Waals surface area contributed by atoms with E-state index in [0.717, 1.165) is 17.2 Å². The molecule has 4 rings (SSSR count). The van der Waals surface area contributed by atoms with Crippen LogP contribution in [0.1, 0.15) is 43.0 Å². The normalized spacial score (nSPS) is 21.3. The van der Waals surface area contributed by atoms with Gasteiger partial charge in [0.2, 0.25) is 5.91 Å². The third-order valence-corrected chi connectivity index (χ3v) is 8.30. The Labute approximate surface area is 184 Å². The molecule has 6 nitrogen and oxygen atoms in total. The average molecular weight is 443 g/mol. The zero-order chi connectivity index (χ0) is 22.0. The van der Waals surface area contributed by atoms with Crippen LogP contribution in [0, 0.1) is 5.92 Å². The molecule has 166 valence electrons. The summed E-state index contributed by atoms with van der Waals surface area (Å²) in [7, 11) is -3.04. The quantitative estimate of drug-likeness (QED) is 0.713. The second-order valence-electron chi connectivity index (χ2n) is 8.68. The number of hydrogen-bond acceptors (Lipinski definition) is 4. The van der Waals surface area contributed by atoms with Gasteiger partial charge in [0, 0.05) is 37.2 Å². The van der Waals surface area contributed by atoms with E-state index in [0.29, 0.717) is 44.5 Å². The van der Waals surface area contributed by atoms with Crippen LogP contribution in [0.2, 0.25) is 0 Å². The molecule has 1 unspecified atom stereocenters. The van der Waals surface area contributed by atoms with E-state index in [-0.39, 0.29) is 35.3 Å². The van der Waals surface area contributed by atoms with E-state index in [1.165, 1.54) is 0 Å². The Morgan fingerprint density at radius 2 is 1.74 bits per heavy atom. The molecule has 0 bridgehead atoms. The summed E-state index contributed by atoms with van der Waals surface area (Å²) in [5.41, 5.74) is 0.701. The van der Waals surface area contributed by atoms with E-state index in [9.17, 15) is 18.0 Å². The monoisotopic (exact) mass is 442 g/mol. The first-order valence-electron chi connectivity index (χ1n) is 11.2. The molecule has 0 spiro atoms. The van der Waals surface area contributed by atoms with E-state index in [2.05, 4.69) is 0 Å². The Morgan fingerprint density at radius 3 is 2.42 bits per heavy atom. The number of carbonyl (C=O) groups is 2. The lowest BCUT2D eigenvalue weighted by Gasteiger charge is -2.36. The number of amides is 2. The largest absolute Gasteiger partial charge is 0.339 e. The first-order chi connectivity index (χ1) is 14.9. The minimum atomic E-state index is -3.04. The van der Waals surface area contributed by atoms with E-state index in [1.807, 2.05) is 54.3 Å². The van der Waals surface area contributed by atoms with Crippen LogP contribution in [-0.4, -0.2) is 67.2 Å². The Bertz CT molecular complexity index is 1070. The Balaban J connectivity index is 1.42. The lowest BCUT2D eigenvalue weighted by molar-refractivity contribution is -0.138. The molecule has 0 N–H and O–H groups in total. The highest BCUT2D eigenvalue weighted by Gasteiger charge is 2.38. The maximum atomic E-state index is 13.2. The highest BCUT2D eigenvalue weighted by Crippen LogP contribution is 2.27. The fraction of sp³-hybridized carbons (Fsp3) is 0.500. The minimum absolute atomic E-state index is 0.00926. The average Bonchev–Trinajstić information content (AvgIpc) is 3.15. The minimum Gasteiger partial charge on any atom is -0.339 e. The van der Waals surface area contributed by atoms with Gasteiger partial charge in [-0.1, -0.05) is 43.3 Å². The molecule has 0 saturated carbocycles. The number of benzene rings is 2. The molecule has 2 aliphatic heterocycles.